The van der Waals surface area contributed by atoms with Crippen LogP contribution < -0.4 is 0 Å². The third-order valence-electron chi connectivity index (χ3n) is 6.20. The number of rotatable bonds is 3. The average molecular weight is 444 g/mol. The van der Waals surface area contributed by atoms with Crippen LogP contribution in [0.3, 0.4) is 0 Å². The normalized spacial score (nSPS) is 21.7. The highest BCUT2D eigenvalue weighted by Gasteiger charge is 2.32. The number of likely N-dealkylation sites (tertiary alicyclic amines) is 1. The molecule has 3 aromatic rings. The molecule has 5 nitrogen and oxygen atoms in total. The molecule has 1 atom stereocenters. The van der Waals surface area contributed by atoms with Gasteiger partial charge in [-0.15, -0.1) is 0 Å². The van der Waals surface area contributed by atoms with Gasteiger partial charge in [-0.2, -0.15) is 5.10 Å². The van der Waals surface area contributed by atoms with Crippen molar-refractivity contribution in [2.45, 2.75) is 57.1 Å². The van der Waals surface area contributed by atoms with Crippen LogP contribution in [0.15, 0.2) is 24.5 Å². The van der Waals surface area contributed by atoms with Crippen molar-refractivity contribution in [3.63, 3.8) is 0 Å². The molecule has 1 saturated heterocycles. The molecule has 3 heterocycles. The number of nitrogens with zero attached hydrogens (tertiary/aromatic N) is 3. The van der Waals surface area contributed by atoms with Crippen LogP contribution in [0, 0.1) is 17.7 Å². The number of H-pyrrole nitrogens is 1. The minimum atomic E-state index is -2.71. The fourth-order valence-corrected chi connectivity index (χ4v) is 4.70. The first-order valence-corrected chi connectivity index (χ1v) is 11.0. The third kappa shape index (κ3) is 4.10. The number of aromatic nitrogens is 3. The molecular weight excluding hydrogens is 415 g/mol. The second-order valence-electron chi connectivity index (χ2n) is 8.72. The predicted molar refractivity (Wildman–Crippen MR) is 121 cm³/mol. The van der Waals surface area contributed by atoms with Gasteiger partial charge in [-0.1, -0.05) is 23.4 Å². The molecular formula is C24H26ClFN4O. The van der Waals surface area contributed by atoms with Crippen LogP contribution >= 0.6 is 11.6 Å². The summed E-state index contributed by atoms with van der Waals surface area (Å²) < 4.78 is 39.6. The molecule has 2 fully saturated rings. The van der Waals surface area contributed by atoms with Crippen LogP contribution in [-0.2, 0) is 0 Å². The topological polar surface area (TPSA) is 57.1 Å². The number of halogens is 2. The Morgan fingerprint density at radius 2 is 2.03 bits per heavy atom. The molecule has 1 aromatic carbocycles. The summed E-state index contributed by atoms with van der Waals surface area (Å²) in [4.78, 5) is 2.54. The summed E-state index contributed by atoms with van der Waals surface area (Å²) in [5.74, 6) is 4.30. The summed E-state index contributed by atoms with van der Waals surface area (Å²) in [7, 11) is 0. The van der Waals surface area contributed by atoms with Gasteiger partial charge in [0.25, 0.3) is 0 Å². The molecule has 0 amide bonds. The second kappa shape index (κ2) is 7.67. The van der Waals surface area contributed by atoms with Gasteiger partial charge in [-0.05, 0) is 51.6 Å². The Bertz CT molecular complexity index is 1290. The monoisotopic (exact) mass is 443 g/mol. The van der Waals surface area contributed by atoms with E-state index in [0.717, 1.165) is 55.4 Å². The highest BCUT2D eigenvalue weighted by Crippen LogP contribution is 2.39. The molecule has 0 spiro atoms. The number of aliphatic hydroxyl groups is 1. The zero-order valence-electron chi connectivity index (χ0n) is 20.3. The van der Waals surface area contributed by atoms with Crippen molar-refractivity contribution in [2.75, 3.05) is 13.1 Å². The largest absolute Gasteiger partial charge is 0.378 e. The zero-order valence-corrected chi connectivity index (χ0v) is 18.0. The second-order valence-corrected chi connectivity index (χ2v) is 9.10. The molecule has 1 aliphatic carbocycles. The summed E-state index contributed by atoms with van der Waals surface area (Å²) in [5, 5.41) is 18.1. The van der Waals surface area contributed by atoms with Crippen molar-refractivity contribution in [1.29, 1.82) is 0 Å². The van der Waals surface area contributed by atoms with E-state index in [9.17, 15) is 5.11 Å². The Morgan fingerprint density at radius 3 is 2.68 bits per heavy atom. The SMILES string of the molecule is [2H]C([2H])([2H])C(C)(O)C#Cc1cc2c(-c3cn[nH]c3Cl)cn(C3CCN(C4CC4)CC3)c2cc1F. The van der Waals surface area contributed by atoms with Gasteiger partial charge in [0.2, 0.25) is 0 Å². The minimum absolute atomic E-state index is 0.0131. The maximum atomic E-state index is 15.2. The van der Waals surface area contributed by atoms with E-state index >= 15 is 4.39 Å². The number of benzene rings is 1. The van der Waals surface area contributed by atoms with Crippen LogP contribution in [0.25, 0.3) is 22.0 Å². The molecule has 2 aromatic heterocycles. The minimum Gasteiger partial charge on any atom is -0.378 e. The molecule has 0 radical (unpaired) electrons. The lowest BCUT2D eigenvalue weighted by molar-refractivity contribution is 0.143. The van der Waals surface area contributed by atoms with Crippen molar-refractivity contribution in [3.05, 3.63) is 41.1 Å². The Labute approximate surface area is 190 Å². The molecule has 1 unspecified atom stereocenters. The van der Waals surface area contributed by atoms with Crippen LogP contribution in [0.1, 0.15) is 55.2 Å². The molecule has 7 heteroatoms. The lowest BCUT2D eigenvalue weighted by Gasteiger charge is -2.33. The fourth-order valence-electron chi connectivity index (χ4n) is 4.50. The lowest BCUT2D eigenvalue weighted by Crippen LogP contribution is -2.35. The van der Waals surface area contributed by atoms with Crippen LogP contribution in [0.2, 0.25) is 5.15 Å². The van der Waals surface area contributed by atoms with E-state index in [1.807, 2.05) is 6.20 Å². The Hall–Kier alpha value is -2.33. The quantitative estimate of drug-likeness (QED) is 0.574. The Morgan fingerprint density at radius 1 is 1.26 bits per heavy atom. The van der Waals surface area contributed by atoms with Gasteiger partial charge in [-0.25, -0.2) is 4.39 Å². The first-order chi connectivity index (χ1) is 16.0. The van der Waals surface area contributed by atoms with Crippen molar-refractivity contribution in [1.82, 2.24) is 19.7 Å². The standard InChI is InChI=1S/C24H26ClFN4O/c1-24(2,31)8-5-15-11-18-20(19-13-27-28-23(19)25)14-30(22(18)12-21(15)26)17-6-9-29(10-7-17)16-3-4-16/h11-14,16-17,31H,3-4,6-7,9-10H2,1-2H3,(H,27,28)/i1D3. The van der Waals surface area contributed by atoms with E-state index < -0.39 is 18.3 Å². The molecule has 2 aliphatic rings. The number of aromatic amines is 1. The molecule has 162 valence electrons. The predicted octanol–water partition coefficient (Wildman–Crippen LogP) is 4.75. The van der Waals surface area contributed by atoms with E-state index in [2.05, 4.69) is 31.5 Å². The molecule has 1 saturated carbocycles. The van der Waals surface area contributed by atoms with E-state index in [1.54, 1.807) is 12.3 Å². The molecule has 31 heavy (non-hydrogen) atoms. The number of fused-ring (bicyclic) bond motifs is 1. The van der Waals surface area contributed by atoms with E-state index in [0.29, 0.717) is 10.7 Å². The summed E-state index contributed by atoms with van der Waals surface area (Å²) in [5.41, 5.74) is -0.0289. The fraction of sp³-hybridized carbons (Fsp3) is 0.458. The van der Waals surface area contributed by atoms with Crippen molar-refractivity contribution < 1.29 is 13.6 Å². The maximum absolute atomic E-state index is 15.2. The average Bonchev–Trinajstić information content (AvgIpc) is 3.45. The van der Waals surface area contributed by atoms with Gasteiger partial charge in [0.1, 0.15) is 16.6 Å². The lowest BCUT2D eigenvalue weighted by atomic mass is 10.0. The van der Waals surface area contributed by atoms with Crippen molar-refractivity contribution in [2.24, 2.45) is 0 Å². The molecule has 5 rings (SSSR count). The zero-order chi connectivity index (χ0) is 24.3. The van der Waals surface area contributed by atoms with Gasteiger partial charge in [-0.3, -0.25) is 5.10 Å². The number of nitrogens with one attached hydrogen (secondary N) is 1. The van der Waals surface area contributed by atoms with Crippen molar-refractivity contribution >= 4 is 22.5 Å². The number of piperidine rings is 1. The van der Waals surface area contributed by atoms with Gasteiger partial charge < -0.3 is 14.6 Å². The summed E-state index contributed by atoms with van der Waals surface area (Å²) >= 11 is 6.34. The van der Waals surface area contributed by atoms with Crippen molar-refractivity contribution in [3.8, 4) is 23.0 Å². The van der Waals surface area contributed by atoms with Gasteiger partial charge in [0.05, 0.1) is 17.3 Å². The van der Waals surface area contributed by atoms with Crippen LogP contribution in [0.5, 0.6) is 0 Å². The van der Waals surface area contributed by atoms with Gasteiger partial charge >= 0.3 is 0 Å². The Kier molecular flexibility index (Phi) is 4.27. The highest BCUT2D eigenvalue weighted by molar-refractivity contribution is 6.32. The first-order valence-electron chi connectivity index (χ1n) is 12.1. The maximum Gasteiger partial charge on any atom is 0.140 e. The smallest absolute Gasteiger partial charge is 0.140 e. The van der Waals surface area contributed by atoms with E-state index in [4.69, 9.17) is 15.7 Å². The van der Waals surface area contributed by atoms with Gasteiger partial charge in [0, 0.05) is 52.0 Å². The van der Waals surface area contributed by atoms with E-state index in [-0.39, 0.29) is 11.6 Å². The van der Waals surface area contributed by atoms with Gasteiger partial charge in [0.15, 0.2) is 0 Å². The third-order valence-corrected chi connectivity index (χ3v) is 6.49. The number of hydrogen-bond donors (Lipinski definition) is 2. The summed E-state index contributed by atoms with van der Waals surface area (Å²) in [6.07, 6.45) is 8.14. The molecule has 0 bridgehead atoms. The Balaban J connectivity index is 1.58. The van der Waals surface area contributed by atoms with E-state index in [1.165, 1.54) is 18.9 Å². The summed E-state index contributed by atoms with van der Waals surface area (Å²) in [6.45, 7) is 0.430. The molecule has 1 aliphatic heterocycles. The molecule has 2 N–H and O–H groups in total. The van der Waals surface area contributed by atoms with Crippen LogP contribution in [-0.4, -0.2) is 49.5 Å². The van der Waals surface area contributed by atoms with Crippen LogP contribution in [0.4, 0.5) is 4.39 Å². The highest BCUT2D eigenvalue weighted by atomic mass is 35.5. The number of hydrogen-bond acceptors (Lipinski definition) is 3. The first kappa shape index (κ1) is 17.3. The summed E-state index contributed by atoms with van der Waals surface area (Å²) in [6, 6.07) is 3.99.